The molecular formula is C17H15FN2O2S. The highest BCUT2D eigenvalue weighted by Gasteiger charge is 2.08. The minimum Gasteiger partial charge on any atom is -0.431 e. The largest absolute Gasteiger partial charge is 0.431 e. The first-order valence-electron chi connectivity index (χ1n) is 7.20. The van der Waals surface area contributed by atoms with Gasteiger partial charge in [-0.05, 0) is 36.2 Å². The second kappa shape index (κ2) is 7.28. The molecule has 118 valence electrons. The fourth-order valence-corrected chi connectivity index (χ4v) is 2.76. The van der Waals surface area contributed by atoms with Crippen LogP contribution in [-0.4, -0.2) is 23.2 Å². The number of thioether (sulfide) groups is 1. The van der Waals surface area contributed by atoms with Crippen molar-refractivity contribution in [2.45, 2.75) is 11.6 Å². The molecule has 0 saturated carbocycles. The van der Waals surface area contributed by atoms with Crippen LogP contribution in [0.3, 0.4) is 0 Å². The quantitative estimate of drug-likeness (QED) is 0.704. The van der Waals surface area contributed by atoms with Crippen LogP contribution in [0.25, 0.3) is 11.1 Å². The van der Waals surface area contributed by atoms with E-state index in [1.165, 1.54) is 23.9 Å². The van der Waals surface area contributed by atoms with Crippen LogP contribution < -0.4 is 5.32 Å². The number of hydrogen-bond acceptors (Lipinski definition) is 4. The SMILES string of the molecule is O=C(CSc1nc2ccccc2o1)NCCc1ccc(F)cc1. The van der Waals surface area contributed by atoms with E-state index in [0.717, 1.165) is 11.1 Å². The molecule has 1 amide bonds. The van der Waals surface area contributed by atoms with E-state index in [1.54, 1.807) is 12.1 Å². The Bertz CT molecular complexity index is 769. The maximum Gasteiger partial charge on any atom is 0.257 e. The highest BCUT2D eigenvalue weighted by molar-refractivity contribution is 7.99. The van der Waals surface area contributed by atoms with Gasteiger partial charge in [0, 0.05) is 6.54 Å². The first-order valence-corrected chi connectivity index (χ1v) is 8.19. The summed E-state index contributed by atoms with van der Waals surface area (Å²) in [5.41, 5.74) is 2.48. The van der Waals surface area contributed by atoms with Crippen molar-refractivity contribution in [1.29, 1.82) is 0 Å². The van der Waals surface area contributed by atoms with Crippen LogP contribution in [0, 0.1) is 5.82 Å². The topological polar surface area (TPSA) is 55.1 Å². The smallest absolute Gasteiger partial charge is 0.257 e. The van der Waals surface area contributed by atoms with E-state index in [0.29, 0.717) is 23.8 Å². The number of halogens is 1. The third-order valence-electron chi connectivity index (χ3n) is 3.25. The van der Waals surface area contributed by atoms with Crippen molar-refractivity contribution < 1.29 is 13.6 Å². The van der Waals surface area contributed by atoms with E-state index >= 15 is 0 Å². The van der Waals surface area contributed by atoms with Gasteiger partial charge in [0.05, 0.1) is 5.75 Å². The molecule has 6 heteroatoms. The van der Waals surface area contributed by atoms with Gasteiger partial charge in [-0.1, -0.05) is 36.0 Å². The van der Waals surface area contributed by atoms with E-state index in [-0.39, 0.29) is 17.5 Å². The number of amides is 1. The van der Waals surface area contributed by atoms with Gasteiger partial charge in [0.2, 0.25) is 5.91 Å². The first kappa shape index (κ1) is 15.6. The zero-order valence-corrected chi connectivity index (χ0v) is 13.1. The van der Waals surface area contributed by atoms with Gasteiger partial charge in [-0.3, -0.25) is 4.79 Å². The van der Waals surface area contributed by atoms with Crippen molar-refractivity contribution in [3.8, 4) is 0 Å². The van der Waals surface area contributed by atoms with Crippen LogP contribution in [0.4, 0.5) is 4.39 Å². The Hall–Kier alpha value is -2.34. The van der Waals surface area contributed by atoms with Crippen molar-refractivity contribution in [2.24, 2.45) is 0 Å². The molecule has 0 atom stereocenters. The number of para-hydroxylation sites is 2. The van der Waals surface area contributed by atoms with Crippen LogP contribution in [0.2, 0.25) is 0 Å². The van der Waals surface area contributed by atoms with Crippen LogP contribution in [0.15, 0.2) is 58.2 Å². The highest BCUT2D eigenvalue weighted by atomic mass is 32.2. The summed E-state index contributed by atoms with van der Waals surface area (Å²) < 4.78 is 18.3. The second-order valence-corrected chi connectivity index (χ2v) is 5.89. The molecule has 1 N–H and O–H groups in total. The van der Waals surface area contributed by atoms with Crippen molar-refractivity contribution in [3.63, 3.8) is 0 Å². The summed E-state index contributed by atoms with van der Waals surface area (Å²) in [4.78, 5) is 16.1. The zero-order valence-electron chi connectivity index (χ0n) is 12.3. The standard InChI is InChI=1S/C17H15FN2O2S/c18-13-7-5-12(6-8-13)9-10-19-16(21)11-23-17-20-14-3-1-2-4-15(14)22-17/h1-8H,9-11H2,(H,19,21). The number of hydrogen-bond donors (Lipinski definition) is 1. The van der Waals surface area contributed by atoms with Gasteiger partial charge in [-0.2, -0.15) is 0 Å². The molecule has 2 aromatic carbocycles. The molecule has 3 aromatic rings. The molecule has 1 heterocycles. The fourth-order valence-electron chi connectivity index (χ4n) is 2.09. The van der Waals surface area contributed by atoms with Gasteiger partial charge in [0.15, 0.2) is 5.58 Å². The number of carbonyl (C=O) groups excluding carboxylic acids is 1. The average Bonchev–Trinajstić information content (AvgIpc) is 2.98. The van der Waals surface area contributed by atoms with Crippen molar-refractivity contribution in [1.82, 2.24) is 10.3 Å². The van der Waals surface area contributed by atoms with Crippen molar-refractivity contribution in [3.05, 3.63) is 59.9 Å². The maximum atomic E-state index is 12.8. The number of carbonyl (C=O) groups is 1. The zero-order chi connectivity index (χ0) is 16.1. The van der Waals surface area contributed by atoms with Gasteiger partial charge >= 0.3 is 0 Å². The van der Waals surface area contributed by atoms with E-state index in [4.69, 9.17) is 4.42 Å². The molecule has 3 rings (SSSR count). The number of oxazole rings is 1. The van der Waals surface area contributed by atoms with Gasteiger partial charge in [0.1, 0.15) is 11.3 Å². The molecule has 0 aliphatic carbocycles. The number of benzene rings is 2. The van der Waals surface area contributed by atoms with E-state index in [9.17, 15) is 9.18 Å². The fraction of sp³-hybridized carbons (Fsp3) is 0.176. The average molecular weight is 330 g/mol. The summed E-state index contributed by atoms with van der Waals surface area (Å²) in [6, 6.07) is 13.7. The summed E-state index contributed by atoms with van der Waals surface area (Å²) in [6.45, 7) is 0.512. The normalized spacial score (nSPS) is 10.8. The molecule has 0 radical (unpaired) electrons. The lowest BCUT2D eigenvalue weighted by molar-refractivity contribution is -0.118. The Labute approximate surface area is 137 Å². The summed E-state index contributed by atoms with van der Waals surface area (Å²) in [7, 11) is 0. The predicted octanol–water partition coefficient (Wildman–Crippen LogP) is 3.42. The van der Waals surface area contributed by atoms with Gasteiger partial charge in [-0.15, -0.1) is 0 Å². The van der Waals surface area contributed by atoms with Crippen LogP contribution in [0.1, 0.15) is 5.56 Å². The Morgan fingerprint density at radius 3 is 2.74 bits per heavy atom. The number of rotatable bonds is 6. The molecule has 0 aliphatic rings. The molecule has 0 aliphatic heterocycles. The van der Waals surface area contributed by atoms with Gasteiger partial charge in [0.25, 0.3) is 5.22 Å². The Morgan fingerprint density at radius 2 is 1.96 bits per heavy atom. The van der Waals surface area contributed by atoms with Gasteiger partial charge in [-0.25, -0.2) is 9.37 Å². The minimum absolute atomic E-state index is 0.0839. The molecule has 4 nitrogen and oxygen atoms in total. The maximum absolute atomic E-state index is 12.8. The van der Waals surface area contributed by atoms with Crippen LogP contribution >= 0.6 is 11.8 Å². The lowest BCUT2D eigenvalue weighted by Gasteiger charge is -2.04. The molecule has 23 heavy (non-hydrogen) atoms. The summed E-state index contributed by atoms with van der Waals surface area (Å²) in [5, 5.41) is 3.31. The predicted molar refractivity (Wildman–Crippen MR) is 87.8 cm³/mol. The van der Waals surface area contributed by atoms with Crippen molar-refractivity contribution >= 4 is 28.8 Å². The minimum atomic E-state index is -0.257. The monoisotopic (exact) mass is 330 g/mol. The Balaban J connectivity index is 1.43. The Morgan fingerprint density at radius 1 is 1.17 bits per heavy atom. The number of aromatic nitrogens is 1. The lowest BCUT2D eigenvalue weighted by atomic mass is 10.1. The molecular weight excluding hydrogens is 315 g/mol. The summed E-state index contributed by atoms with van der Waals surface area (Å²) >= 11 is 1.26. The molecule has 0 spiro atoms. The first-order chi connectivity index (χ1) is 11.2. The Kier molecular flexibility index (Phi) is 4.92. The number of nitrogens with one attached hydrogen (secondary N) is 1. The number of nitrogens with zero attached hydrogens (tertiary/aromatic N) is 1. The van der Waals surface area contributed by atoms with Gasteiger partial charge < -0.3 is 9.73 Å². The molecule has 0 saturated heterocycles. The van der Waals surface area contributed by atoms with E-state index in [1.807, 2.05) is 24.3 Å². The second-order valence-electron chi connectivity index (χ2n) is 4.96. The van der Waals surface area contributed by atoms with Crippen molar-refractivity contribution in [2.75, 3.05) is 12.3 Å². The van der Waals surface area contributed by atoms with E-state index < -0.39 is 0 Å². The summed E-state index contributed by atoms with van der Waals surface area (Å²) in [5.74, 6) is -0.0946. The van der Waals surface area contributed by atoms with Crippen LogP contribution in [0.5, 0.6) is 0 Å². The number of fused-ring (bicyclic) bond motifs is 1. The van der Waals surface area contributed by atoms with E-state index in [2.05, 4.69) is 10.3 Å². The summed E-state index contributed by atoms with van der Waals surface area (Å²) in [6.07, 6.45) is 0.666. The highest BCUT2D eigenvalue weighted by Crippen LogP contribution is 2.22. The molecule has 0 unspecified atom stereocenters. The van der Waals surface area contributed by atoms with Crippen LogP contribution in [-0.2, 0) is 11.2 Å². The third kappa shape index (κ3) is 4.32. The molecule has 1 aromatic heterocycles. The molecule has 0 fully saturated rings. The lowest BCUT2D eigenvalue weighted by Crippen LogP contribution is -2.27. The third-order valence-corrected chi connectivity index (χ3v) is 4.08. The molecule has 0 bridgehead atoms.